The van der Waals surface area contributed by atoms with Crippen molar-refractivity contribution in [2.24, 2.45) is 10.9 Å². The molecule has 2 rings (SSSR count). The highest BCUT2D eigenvalue weighted by molar-refractivity contribution is 5.79. The molecular formula is C19H35N5O2. The van der Waals surface area contributed by atoms with Gasteiger partial charge in [0, 0.05) is 45.2 Å². The molecular weight excluding hydrogens is 330 g/mol. The van der Waals surface area contributed by atoms with Gasteiger partial charge in [-0.1, -0.05) is 13.8 Å². The Morgan fingerprint density at radius 2 is 2.35 bits per heavy atom. The van der Waals surface area contributed by atoms with Crippen LogP contribution >= 0.6 is 0 Å². The minimum atomic E-state index is 0.302. The molecule has 1 fully saturated rings. The average molecular weight is 366 g/mol. The first-order valence-electron chi connectivity index (χ1n) is 9.90. The van der Waals surface area contributed by atoms with Crippen LogP contribution in [-0.2, 0) is 22.6 Å². The molecule has 0 amide bonds. The van der Waals surface area contributed by atoms with Gasteiger partial charge in [-0.3, -0.25) is 0 Å². The third-order valence-electron chi connectivity index (χ3n) is 4.17. The van der Waals surface area contributed by atoms with Gasteiger partial charge in [0.1, 0.15) is 12.4 Å². The van der Waals surface area contributed by atoms with Crippen LogP contribution in [0.5, 0.6) is 0 Å². The Bertz CT molecular complexity index is 524. The fourth-order valence-corrected chi connectivity index (χ4v) is 2.91. The zero-order chi connectivity index (χ0) is 18.6. The first kappa shape index (κ1) is 20.7. The highest BCUT2D eigenvalue weighted by atomic mass is 16.5. The van der Waals surface area contributed by atoms with E-state index in [1.807, 2.05) is 12.4 Å². The van der Waals surface area contributed by atoms with Gasteiger partial charge in [-0.05, 0) is 32.1 Å². The first-order valence-corrected chi connectivity index (χ1v) is 9.90. The summed E-state index contributed by atoms with van der Waals surface area (Å²) in [6.45, 7) is 12.0. The zero-order valence-electron chi connectivity index (χ0n) is 16.5. The molecule has 1 aliphatic heterocycles. The van der Waals surface area contributed by atoms with E-state index in [4.69, 9.17) is 9.47 Å². The van der Waals surface area contributed by atoms with Gasteiger partial charge in [0.15, 0.2) is 5.96 Å². The van der Waals surface area contributed by atoms with Gasteiger partial charge in [0.25, 0.3) is 0 Å². The van der Waals surface area contributed by atoms with Gasteiger partial charge in [-0.25, -0.2) is 9.98 Å². The highest BCUT2D eigenvalue weighted by Gasteiger charge is 2.14. The van der Waals surface area contributed by atoms with Crippen LogP contribution in [0.25, 0.3) is 0 Å². The monoisotopic (exact) mass is 365 g/mol. The number of nitrogens with one attached hydrogen (secondary N) is 2. The summed E-state index contributed by atoms with van der Waals surface area (Å²) in [4.78, 5) is 9.08. The molecule has 0 aromatic carbocycles. The molecule has 26 heavy (non-hydrogen) atoms. The molecule has 0 spiro atoms. The molecule has 7 heteroatoms. The summed E-state index contributed by atoms with van der Waals surface area (Å²) in [6, 6.07) is 0. The second kappa shape index (κ2) is 11.9. The molecule has 0 aliphatic carbocycles. The zero-order valence-corrected chi connectivity index (χ0v) is 16.5. The van der Waals surface area contributed by atoms with Crippen molar-refractivity contribution in [1.82, 2.24) is 20.2 Å². The summed E-state index contributed by atoms with van der Waals surface area (Å²) < 4.78 is 13.4. The minimum Gasteiger partial charge on any atom is -0.379 e. The summed E-state index contributed by atoms with van der Waals surface area (Å²) in [5.41, 5.74) is 0. The van der Waals surface area contributed by atoms with Crippen molar-refractivity contribution in [1.29, 1.82) is 0 Å². The largest absolute Gasteiger partial charge is 0.379 e. The van der Waals surface area contributed by atoms with Gasteiger partial charge < -0.3 is 24.7 Å². The molecule has 1 aromatic heterocycles. The van der Waals surface area contributed by atoms with Gasteiger partial charge in [-0.2, -0.15) is 0 Å². The van der Waals surface area contributed by atoms with E-state index < -0.39 is 0 Å². The summed E-state index contributed by atoms with van der Waals surface area (Å²) in [5.74, 6) is 2.41. The van der Waals surface area contributed by atoms with E-state index in [1.165, 1.54) is 0 Å². The summed E-state index contributed by atoms with van der Waals surface area (Å²) in [5, 5.41) is 6.64. The standard InChI is InChI=1S/C19H35N5O2/c1-4-20-19(22-8-6-11-25-15-17-7-5-12-26-17)23-13-18-21-9-10-24(18)14-16(2)3/h9-10,16-17H,4-8,11-15H2,1-3H3,(H2,20,22,23). The number of imidazole rings is 1. The molecule has 2 heterocycles. The molecule has 1 saturated heterocycles. The number of hydrogen-bond acceptors (Lipinski definition) is 4. The molecule has 1 aromatic rings. The number of guanidine groups is 1. The first-order chi connectivity index (χ1) is 12.7. The average Bonchev–Trinajstić information content (AvgIpc) is 3.27. The van der Waals surface area contributed by atoms with E-state index in [2.05, 4.69) is 45.9 Å². The van der Waals surface area contributed by atoms with Gasteiger partial charge in [-0.15, -0.1) is 0 Å². The van der Waals surface area contributed by atoms with Crippen molar-refractivity contribution in [2.75, 3.05) is 32.9 Å². The summed E-state index contributed by atoms with van der Waals surface area (Å²) in [6.07, 6.45) is 7.40. The van der Waals surface area contributed by atoms with Gasteiger partial charge in [0.05, 0.1) is 12.7 Å². The quantitative estimate of drug-likeness (QED) is 0.357. The van der Waals surface area contributed by atoms with Crippen molar-refractivity contribution in [2.45, 2.75) is 59.2 Å². The van der Waals surface area contributed by atoms with Crippen molar-refractivity contribution in [3.05, 3.63) is 18.2 Å². The van der Waals surface area contributed by atoms with Crippen molar-refractivity contribution in [3.63, 3.8) is 0 Å². The topological polar surface area (TPSA) is 72.7 Å². The maximum absolute atomic E-state index is 5.69. The normalized spacial score (nSPS) is 17.8. The smallest absolute Gasteiger partial charge is 0.191 e. The molecule has 0 bridgehead atoms. The summed E-state index contributed by atoms with van der Waals surface area (Å²) >= 11 is 0. The third-order valence-corrected chi connectivity index (χ3v) is 4.17. The Labute approximate surface area is 157 Å². The number of rotatable bonds is 11. The Hall–Kier alpha value is -1.60. The molecule has 148 valence electrons. The minimum absolute atomic E-state index is 0.302. The maximum atomic E-state index is 5.69. The predicted molar refractivity (Wildman–Crippen MR) is 104 cm³/mol. The molecule has 2 N–H and O–H groups in total. The number of ether oxygens (including phenoxy) is 2. The van der Waals surface area contributed by atoms with Crippen LogP contribution in [0, 0.1) is 5.92 Å². The molecule has 1 atom stereocenters. The molecule has 1 aliphatic rings. The van der Waals surface area contributed by atoms with Crippen LogP contribution in [0.3, 0.4) is 0 Å². The molecule has 0 radical (unpaired) electrons. The predicted octanol–water partition coefficient (Wildman–Crippen LogP) is 2.18. The van der Waals surface area contributed by atoms with Gasteiger partial charge in [0.2, 0.25) is 0 Å². The van der Waals surface area contributed by atoms with Crippen molar-refractivity contribution >= 4 is 5.96 Å². The lowest BCUT2D eigenvalue weighted by Gasteiger charge is -2.13. The van der Waals surface area contributed by atoms with E-state index in [-0.39, 0.29) is 0 Å². The number of nitrogens with zero attached hydrogens (tertiary/aromatic N) is 3. The van der Waals surface area contributed by atoms with E-state index in [0.29, 0.717) is 25.2 Å². The Morgan fingerprint density at radius 3 is 3.08 bits per heavy atom. The Balaban J connectivity index is 1.68. The Kier molecular flexibility index (Phi) is 9.48. The Morgan fingerprint density at radius 1 is 1.46 bits per heavy atom. The number of hydrogen-bond donors (Lipinski definition) is 2. The third kappa shape index (κ3) is 7.74. The van der Waals surface area contributed by atoms with Gasteiger partial charge >= 0.3 is 0 Å². The molecule has 7 nitrogen and oxygen atoms in total. The number of aliphatic imine (C=N–C) groups is 1. The molecule has 0 saturated carbocycles. The van der Waals surface area contributed by atoms with Crippen LogP contribution in [-0.4, -0.2) is 54.5 Å². The van der Waals surface area contributed by atoms with E-state index in [0.717, 1.165) is 63.9 Å². The van der Waals surface area contributed by atoms with E-state index in [1.54, 1.807) is 0 Å². The number of aromatic nitrogens is 2. The SMILES string of the molecule is CCNC(=NCc1nccn1CC(C)C)NCCCOCC1CCCO1. The van der Waals surface area contributed by atoms with Crippen LogP contribution in [0.4, 0.5) is 0 Å². The highest BCUT2D eigenvalue weighted by Crippen LogP contribution is 2.11. The van der Waals surface area contributed by atoms with Crippen molar-refractivity contribution in [3.8, 4) is 0 Å². The van der Waals surface area contributed by atoms with Crippen LogP contribution in [0.2, 0.25) is 0 Å². The lowest BCUT2D eigenvalue weighted by Crippen LogP contribution is -2.38. The lowest BCUT2D eigenvalue weighted by molar-refractivity contribution is 0.0168. The fourth-order valence-electron chi connectivity index (χ4n) is 2.91. The second-order valence-electron chi connectivity index (χ2n) is 7.08. The lowest BCUT2D eigenvalue weighted by atomic mass is 10.2. The maximum Gasteiger partial charge on any atom is 0.191 e. The second-order valence-corrected chi connectivity index (χ2v) is 7.08. The van der Waals surface area contributed by atoms with E-state index >= 15 is 0 Å². The van der Waals surface area contributed by atoms with E-state index in [9.17, 15) is 0 Å². The van der Waals surface area contributed by atoms with Crippen LogP contribution in [0.1, 0.15) is 45.9 Å². The molecule has 1 unspecified atom stereocenters. The summed E-state index contributed by atoms with van der Waals surface area (Å²) in [7, 11) is 0. The van der Waals surface area contributed by atoms with Crippen LogP contribution < -0.4 is 10.6 Å². The van der Waals surface area contributed by atoms with Crippen LogP contribution in [0.15, 0.2) is 17.4 Å². The fraction of sp³-hybridized carbons (Fsp3) is 0.789. The van der Waals surface area contributed by atoms with Crippen molar-refractivity contribution < 1.29 is 9.47 Å².